The van der Waals surface area contributed by atoms with Gasteiger partial charge in [-0.3, -0.25) is 4.79 Å². The Bertz CT molecular complexity index is 470. The molecule has 0 saturated carbocycles. The van der Waals surface area contributed by atoms with Gasteiger partial charge in [0.05, 0.1) is 11.5 Å². The van der Waals surface area contributed by atoms with Gasteiger partial charge in [0.2, 0.25) is 0 Å². The van der Waals surface area contributed by atoms with Crippen LogP contribution in [0.15, 0.2) is 6.20 Å². The van der Waals surface area contributed by atoms with Crippen LogP contribution in [0.1, 0.15) is 20.8 Å². The van der Waals surface area contributed by atoms with Gasteiger partial charge in [-0.25, -0.2) is 0 Å². The van der Waals surface area contributed by atoms with Crippen molar-refractivity contribution in [2.24, 2.45) is 0 Å². The van der Waals surface area contributed by atoms with Crippen LogP contribution >= 0.6 is 0 Å². The van der Waals surface area contributed by atoms with E-state index in [4.69, 9.17) is 0 Å². The fourth-order valence-corrected chi connectivity index (χ4v) is 1.76. The molecule has 1 aromatic heterocycles. The summed E-state index contributed by atoms with van der Waals surface area (Å²) < 4.78 is 1.59. The minimum Gasteiger partial charge on any atom is -0.652 e. The second kappa shape index (κ2) is 4.88. The SMILES string of the molecule is C[N-]C(=O)c1cn2c(c1O)C(=O)N(C)CC2.[Ru+]. The zero-order chi connectivity index (χ0) is 11.9. The summed E-state index contributed by atoms with van der Waals surface area (Å²) in [5.74, 6) is -1.07. The van der Waals surface area contributed by atoms with Crippen molar-refractivity contribution in [3.63, 3.8) is 0 Å². The van der Waals surface area contributed by atoms with Crippen molar-refractivity contribution in [1.82, 2.24) is 9.47 Å². The second-order valence-corrected chi connectivity index (χ2v) is 3.69. The second-order valence-electron chi connectivity index (χ2n) is 3.69. The molecule has 0 saturated heterocycles. The van der Waals surface area contributed by atoms with E-state index in [0.717, 1.165) is 0 Å². The summed E-state index contributed by atoms with van der Waals surface area (Å²) in [6.07, 6.45) is 1.48. The molecule has 0 spiro atoms. The molecule has 93 valence electrons. The number of carbonyl (C=O) groups excluding carboxylic acids is 2. The van der Waals surface area contributed by atoms with E-state index in [2.05, 4.69) is 5.32 Å². The molecule has 1 aliphatic heterocycles. The molecule has 1 N–H and O–H groups in total. The number of aromatic nitrogens is 1. The van der Waals surface area contributed by atoms with Gasteiger partial charge in [-0.05, 0) is 0 Å². The van der Waals surface area contributed by atoms with Crippen molar-refractivity contribution in [2.75, 3.05) is 20.6 Å². The van der Waals surface area contributed by atoms with E-state index in [-0.39, 0.29) is 42.4 Å². The number of likely N-dealkylation sites (N-methyl/N-ethyl adjacent to an activating group) is 1. The summed E-state index contributed by atoms with van der Waals surface area (Å²) in [5, 5.41) is 13.3. The molecule has 1 aromatic rings. The molecule has 2 rings (SSSR count). The van der Waals surface area contributed by atoms with Crippen LogP contribution in [0.5, 0.6) is 5.75 Å². The third-order valence-corrected chi connectivity index (χ3v) is 2.71. The van der Waals surface area contributed by atoms with Gasteiger partial charge in [-0.2, -0.15) is 0 Å². The molecule has 6 nitrogen and oxygen atoms in total. The van der Waals surface area contributed by atoms with Crippen molar-refractivity contribution >= 4 is 11.8 Å². The van der Waals surface area contributed by atoms with E-state index < -0.39 is 5.91 Å². The van der Waals surface area contributed by atoms with Crippen LogP contribution in [0, 0.1) is 0 Å². The van der Waals surface area contributed by atoms with Crippen LogP contribution in [0.25, 0.3) is 5.32 Å². The average molecular weight is 323 g/mol. The number of hydrogen-bond acceptors (Lipinski definition) is 3. The molecule has 2 amide bonds. The molecule has 0 atom stereocenters. The normalized spacial score (nSPS) is 14.0. The van der Waals surface area contributed by atoms with Gasteiger partial charge in [0.15, 0.2) is 5.75 Å². The van der Waals surface area contributed by atoms with Gasteiger partial charge in [0.25, 0.3) is 5.91 Å². The number of nitrogens with zero attached hydrogens (tertiary/aromatic N) is 3. The summed E-state index contributed by atoms with van der Waals surface area (Å²) in [4.78, 5) is 24.6. The molecular formula is C10H12N3O3Ru. The quantitative estimate of drug-likeness (QED) is 0.761. The maximum atomic E-state index is 11.8. The predicted molar refractivity (Wildman–Crippen MR) is 56.7 cm³/mol. The van der Waals surface area contributed by atoms with Crippen molar-refractivity contribution in [2.45, 2.75) is 6.54 Å². The van der Waals surface area contributed by atoms with Gasteiger partial charge in [0, 0.05) is 26.3 Å². The third kappa shape index (κ3) is 2.07. The molecule has 2 heterocycles. The number of rotatable bonds is 1. The maximum absolute atomic E-state index is 11.8. The van der Waals surface area contributed by atoms with Crippen molar-refractivity contribution in [3.05, 3.63) is 22.8 Å². The Labute approximate surface area is 111 Å². The van der Waals surface area contributed by atoms with Crippen LogP contribution in [-0.4, -0.2) is 47.0 Å². The van der Waals surface area contributed by atoms with Gasteiger partial charge >= 0.3 is 19.5 Å². The van der Waals surface area contributed by atoms with Crippen LogP contribution in [0.4, 0.5) is 0 Å². The summed E-state index contributed by atoms with van der Waals surface area (Å²) in [6.45, 7) is 1.14. The van der Waals surface area contributed by atoms with Gasteiger partial charge in [-0.1, -0.05) is 0 Å². The number of hydrogen-bond donors (Lipinski definition) is 1. The van der Waals surface area contributed by atoms with E-state index in [1.165, 1.54) is 18.1 Å². The molecule has 7 heteroatoms. The molecule has 1 aliphatic rings. The number of aromatic hydroxyl groups is 1. The topological polar surface area (TPSA) is 76.6 Å². The first-order valence-electron chi connectivity index (χ1n) is 4.88. The minimum atomic E-state index is -0.519. The predicted octanol–water partition coefficient (Wildman–Crippen LogP) is 0.421. The molecule has 0 fully saturated rings. The summed E-state index contributed by atoms with van der Waals surface area (Å²) >= 11 is 0. The van der Waals surface area contributed by atoms with Crippen molar-refractivity contribution in [3.8, 4) is 5.75 Å². The van der Waals surface area contributed by atoms with Crippen LogP contribution < -0.4 is 0 Å². The van der Waals surface area contributed by atoms with E-state index in [0.29, 0.717) is 13.1 Å². The fourth-order valence-electron chi connectivity index (χ4n) is 1.76. The molecule has 1 radical (unpaired) electrons. The average Bonchev–Trinajstić information content (AvgIpc) is 2.61. The number of fused-ring (bicyclic) bond motifs is 1. The molecule has 0 unspecified atom stereocenters. The standard InChI is InChI=1S/C10H13N3O3.Ru/c1-11-9(15)6-5-13-4-3-12(2)10(16)7(13)8(6)14;/h5H,3-4H2,1-2H3,(H2,11,14,15,16);/q;+1/p-1. The fraction of sp³-hybridized carbons (Fsp3) is 0.400. The van der Waals surface area contributed by atoms with E-state index in [1.807, 2.05) is 0 Å². The Morgan fingerprint density at radius 3 is 2.71 bits per heavy atom. The zero-order valence-corrected chi connectivity index (χ0v) is 11.2. The summed E-state index contributed by atoms with van der Waals surface area (Å²) in [7, 11) is 3.01. The Kier molecular flexibility index (Phi) is 3.93. The number of carbonyl (C=O) groups is 2. The van der Waals surface area contributed by atoms with Gasteiger partial charge < -0.3 is 24.7 Å². The Morgan fingerprint density at radius 1 is 1.47 bits per heavy atom. The molecular weight excluding hydrogens is 311 g/mol. The van der Waals surface area contributed by atoms with Crippen molar-refractivity contribution in [1.29, 1.82) is 0 Å². The van der Waals surface area contributed by atoms with E-state index in [1.54, 1.807) is 11.6 Å². The largest absolute Gasteiger partial charge is 1.00 e. The smallest absolute Gasteiger partial charge is 0.652 e. The maximum Gasteiger partial charge on any atom is 1.00 e. The monoisotopic (exact) mass is 324 g/mol. The van der Waals surface area contributed by atoms with Crippen molar-refractivity contribution < 1.29 is 34.2 Å². The Hall–Kier alpha value is -1.36. The summed E-state index contributed by atoms with van der Waals surface area (Å²) in [5.41, 5.74) is 0.252. The Balaban J connectivity index is 0.00000144. The van der Waals surface area contributed by atoms with Crippen LogP contribution in [-0.2, 0) is 26.0 Å². The summed E-state index contributed by atoms with van der Waals surface area (Å²) in [6, 6.07) is 0. The number of amides is 2. The molecule has 17 heavy (non-hydrogen) atoms. The Morgan fingerprint density at radius 2 is 2.12 bits per heavy atom. The molecule has 0 aromatic carbocycles. The first kappa shape index (κ1) is 13.7. The van der Waals surface area contributed by atoms with Crippen LogP contribution in [0.3, 0.4) is 0 Å². The molecule has 0 bridgehead atoms. The van der Waals surface area contributed by atoms with E-state index >= 15 is 0 Å². The third-order valence-electron chi connectivity index (χ3n) is 2.71. The molecule has 0 aliphatic carbocycles. The van der Waals surface area contributed by atoms with Crippen LogP contribution in [0.2, 0.25) is 0 Å². The minimum absolute atomic E-state index is 0. The van der Waals surface area contributed by atoms with E-state index in [9.17, 15) is 14.7 Å². The zero-order valence-electron chi connectivity index (χ0n) is 9.45. The first-order chi connectivity index (χ1) is 7.56. The first-order valence-corrected chi connectivity index (χ1v) is 4.88. The van der Waals surface area contributed by atoms with Gasteiger partial charge in [-0.15, -0.1) is 7.05 Å². The van der Waals surface area contributed by atoms with Gasteiger partial charge in [0.1, 0.15) is 5.69 Å².